The number of likely N-dealkylation sites (tertiary alicyclic amines) is 1. The molecule has 1 atom stereocenters. The fourth-order valence-electron chi connectivity index (χ4n) is 4.40. The van der Waals surface area contributed by atoms with Gasteiger partial charge in [0.1, 0.15) is 0 Å². The number of carbonyl (C=O) groups excluding carboxylic acids is 1. The van der Waals surface area contributed by atoms with Crippen LogP contribution in [0.5, 0.6) is 11.5 Å². The van der Waals surface area contributed by atoms with E-state index in [1.807, 2.05) is 24.8 Å². The van der Waals surface area contributed by atoms with Gasteiger partial charge in [-0.05, 0) is 50.8 Å². The van der Waals surface area contributed by atoms with E-state index in [9.17, 15) is 4.79 Å². The zero-order valence-electron chi connectivity index (χ0n) is 16.7. The first kappa shape index (κ1) is 18.3. The lowest BCUT2D eigenvalue weighted by Gasteiger charge is -2.38. The smallest absolute Gasteiger partial charge is 0.324 e. The van der Waals surface area contributed by atoms with Gasteiger partial charge in [0, 0.05) is 24.6 Å². The molecule has 2 saturated heterocycles. The minimum atomic E-state index is -0.156. The number of nitrogens with one attached hydrogen (secondary N) is 1. The topological polar surface area (TPSA) is 86.1 Å². The van der Waals surface area contributed by atoms with Crippen molar-refractivity contribution in [3.63, 3.8) is 0 Å². The van der Waals surface area contributed by atoms with Crippen LogP contribution in [0.3, 0.4) is 0 Å². The van der Waals surface area contributed by atoms with Crippen molar-refractivity contribution >= 4 is 11.9 Å². The Labute approximate surface area is 169 Å². The third kappa shape index (κ3) is 3.31. The van der Waals surface area contributed by atoms with E-state index >= 15 is 0 Å². The number of anilines is 1. The molecular weight excluding hydrogens is 374 g/mol. The van der Waals surface area contributed by atoms with Gasteiger partial charge in [-0.25, -0.2) is 4.79 Å². The Hall–Kier alpha value is -2.74. The summed E-state index contributed by atoms with van der Waals surface area (Å²) in [7, 11) is 0. The Balaban J connectivity index is 1.19. The Morgan fingerprint density at radius 3 is 2.76 bits per heavy atom. The van der Waals surface area contributed by atoms with E-state index in [0.29, 0.717) is 31.5 Å². The number of piperidine rings is 1. The van der Waals surface area contributed by atoms with Crippen molar-refractivity contribution in [1.29, 1.82) is 0 Å². The van der Waals surface area contributed by atoms with Crippen molar-refractivity contribution in [3.05, 3.63) is 35.0 Å². The van der Waals surface area contributed by atoms with Gasteiger partial charge in [0.05, 0.1) is 17.9 Å². The molecule has 0 aliphatic carbocycles. The number of benzene rings is 1. The number of fused-ring (bicyclic) bond motifs is 1. The normalized spacial score (nSPS) is 22.3. The molecule has 0 saturated carbocycles. The van der Waals surface area contributed by atoms with Crippen LogP contribution >= 0.6 is 0 Å². The number of nitrogens with zero attached hydrogens (tertiary/aromatic N) is 2. The summed E-state index contributed by atoms with van der Waals surface area (Å²) in [5.41, 5.74) is 2.71. The summed E-state index contributed by atoms with van der Waals surface area (Å²) in [5.74, 6) is 2.38. The fourth-order valence-corrected chi connectivity index (χ4v) is 4.40. The van der Waals surface area contributed by atoms with E-state index in [1.54, 1.807) is 0 Å². The van der Waals surface area contributed by atoms with Crippen molar-refractivity contribution in [2.24, 2.45) is 0 Å². The summed E-state index contributed by atoms with van der Waals surface area (Å²) < 4.78 is 22.4. The van der Waals surface area contributed by atoms with Crippen LogP contribution < -0.4 is 14.8 Å². The van der Waals surface area contributed by atoms with Crippen molar-refractivity contribution in [2.75, 3.05) is 31.8 Å². The molecule has 4 heterocycles. The van der Waals surface area contributed by atoms with Crippen molar-refractivity contribution in [2.45, 2.75) is 44.6 Å². The quantitative estimate of drug-likeness (QED) is 0.831. The summed E-state index contributed by atoms with van der Waals surface area (Å²) in [6.45, 7) is 6.04. The van der Waals surface area contributed by atoms with E-state index in [2.05, 4.69) is 22.6 Å². The summed E-state index contributed by atoms with van der Waals surface area (Å²) in [6, 6.07) is 6.00. The number of urea groups is 1. The van der Waals surface area contributed by atoms with Gasteiger partial charge in [-0.1, -0.05) is 11.2 Å². The first-order chi connectivity index (χ1) is 14.0. The highest BCUT2D eigenvalue weighted by Crippen LogP contribution is 2.44. The molecule has 2 aromatic rings. The molecular formula is C21H25N3O5. The van der Waals surface area contributed by atoms with Crippen LogP contribution in [-0.2, 0) is 4.74 Å². The maximum Gasteiger partial charge on any atom is 0.324 e. The monoisotopic (exact) mass is 399 g/mol. The van der Waals surface area contributed by atoms with Gasteiger partial charge in [-0.3, -0.25) is 5.32 Å². The Bertz CT molecular complexity index is 932. The molecule has 5 rings (SSSR count). The third-order valence-electron chi connectivity index (χ3n) is 6.42. The van der Waals surface area contributed by atoms with Crippen LogP contribution in [0.25, 0.3) is 0 Å². The molecule has 1 aromatic carbocycles. The zero-order valence-corrected chi connectivity index (χ0v) is 16.7. The molecule has 8 nitrogen and oxygen atoms in total. The molecule has 154 valence electrons. The predicted molar refractivity (Wildman–Crippen MR) is 104 cm³/mol. The minimum Gasteiger partial charge on any atom is -0.454 e. The lowest BCUT2D eigenvalue weighted by Crippen LogP contribution is -2.47. The molecule has 0 radical (unpaired) electrons. The molecule has 0 bridgehead atoms. The Morgan fingerprint density at radius 1 is 1.21 bits per heavy atom. The third-order valence-corrected chi connectivity index (χ3v) is 6.42. The number of amides is 2. The SMILES string of the molecule is Cc1noc(NC(=O)N2CCC3(CC2)CC(c2ccc4c(c2)OCO4)CO3)c1C. The lowest BCUT2D eigenvalue weighted by molar-refractivity contribution is -0.0355. The average Bonchev–Trinajstić information content (AvgIpc) is 3.44. The highest BCUT2D eigenvalue weighted by molar-refractivity contribution is 5.88. The maximum absolute atomic E-state index is 12.6. The second-order valence-electron chi connectivity index (χ2n) is 8.15. The number of aromatic nitrogens is 1. The van der Waals surface area contributed by atoms with Crippen molar-refractivity contribution in [3.8, 4) is 11.5 Å². The highest BCUT2D eigenvalue weighted by atomic mass is 16.7. The number of carbonyl (C=O) groups is 1. The molecule has 2 amide bonds. The van der Waals surface area contributed by atoms with Gasteiger partial charge in [-0.2, -0.15) is 0 Å². The van der Waals surface area contributed by atoms with Gasteiger partial charge in [0.2, 0.25) is 12.7 Å². The van der Waals surface area contributed by atoms with Gasteiger partial charge >= 0.3 is 6.03 Å². The van der Waals surface area contributed by atoms with Crippen LogP contribution in [-0.4, -0.2) is 48.2 Å². The standard InChI is InChI=1S/C21H25N3O5/c1-13-14(2)23-29-19(13)22-20(25)24-7-5-21(6-8-24)10-16(11-28-21)15-3-4-17-18(9-15)27-12-26-17/h3-4,9,16H,5-8,10-12H2,1-2H3,(H,22,25). The first-order valence-corrected chi connectivity index (χ1v) is 10.1. The molecule has 1 aromatic heterocycles. The second-order valence-corrected chi connectivity index (χ2v) is 8.15. The lowest BCUT2D eigenvalue weighted by atomic mass is 9.83. The summed E-state index contributed by atoms with van der Waals surface area (Å²) in [5, 5.41) is 6.72. The van der Waals surface area contributed by atoms with Crippen LogP contribution in [0.1, 0.15) is 42.0 Å². The average molecular weight is 399 g/mol. The summed E-state index contributed by atoms with van der Waals surface area (Å²) in [6.07, 6.45) is 2.62. The Kier molecular flexibility index (Phi) is 4.38. The molecule has 1 unspecified atom stereocenters. The molecule has 3 aliphatic rings. The predicted octanol–water partition coefficient (Wildman–Crippen LogP) is 3.59. The molecule has 8 heteroatoms. The Morgan fingerprint density at radius 2 is 2.00 bits per heavy atom. The van der Waals surface area contributed by atoms with E-state index < -0.39 is 0 Å². The van der Waals surface area contributed by atoms with Crippen LogP contribution in [0.2, 0.25) is 0 Å². The summed E-state index contributed by atoms with van der Waals surface area (Å²) in [4.78, 5) is 14.4. The van der Waals surface area contributed by atoms with E-state index in [0.717, 1.165) is 42.0 Å². The number of hydrogen-bond donors (Lipinski definition) is 1. The molecule has 1 spiro atoms. The van der Waals surface area contributed by atoms with Crippen LogP contribution in [0, 0.1) is 13.8 Å². The van der Waals surface area contributed by atoms with Crippen LogP contribution in [0.15, 0.2) is 22.7 Å². The fraction of sp³-hybridized carbons (Fsp3) is 0.524. The molecule has 3 aliphatic heterocycles. The maximum atomic E-state index is 12.6. The largest absolute Gasteiger partial charge is 0.454 e. The van der Waals surface area contributed by atoms with E-state index in [-0.39, 0.29) is 18.4 Å². The van der Waals surface area contributed by atoms with Gasteiger partial charge in [0.25, 0.3) is 0 Å². The summed E-state index contributed by atoms with van der Waals surface area (Å²) >= 11 is 0. The van der Waals surface area contributed by atoms with E-state index in [1.165, 1.54) is 5.56 Å². The van der Waals surface area contributed by atoms with Gasteiger partial charge in [-0.15, -0.1) is 0 Å². The number of ether oxygens (including phenoxy) is 3. The molecule has 29 heavy (non-hydrogen) atoms. The zero-order chi connectivity index (χ0) is 20.0. The second kappa shape index (κ2) is 6.95. The van der Waals surface area contributed by atoms with Crippen molar-refractivity contribution < 1.29 is 23.5 Å². The minimum absolute atomic E-state index is 0.149. The van der Waals surface area contributed by atoms with Crippen LogP contribution in [0.4, 0.5) is 10.7 Å². The first-order valence-electron chi connectivity index (χ1n) is 10.1. The van der Waals surface area contributed by atoms with E-state index in [4.69, 9.17) is 18.7 Å². The highest BCUT2D eigenvalue weighted by Gasteiger charge is 2.44. The number of hydrogen-bond acceptors (Lipinski definition) is 6. The number of aryl methyl sites for hydroxylation is 1. The van der Waals surface area contributed by atoms with Gasteiger partial charge in [0.15, 0.2) is 11.5 Å². The molecule has 2 fully saturated rings. The van der Waals surface area contributed by atoms with Crippen molar-refractivity contribution in [1.82, 2.24) is 10.1 Å². The van der Waals surface area contributed by atoms with Gasteiger partial charge < -0.3 is 23.6 Å². The number of rotatable bonds is 2. The molecule has 1 N–H and O–H groups in total.